The van der Waals surface area contributed by atoms with Gasteiger partial charge >= 0.3 is 6.36 Å². The maximum atomic E-state index is 11.5. The van der Waals surface area contributed by atoms with Crippen LogP contribution < -0.4 is 0 Å². The van der Waals surface area contributed by atoms with Crippen molar-refractivity contribution in [3.05, 3.63) is 0 Å². The quantitative estimate of drug-likeness (QED) is 0.616. The molecule has 4 heteroatoms. The van der Waals surface area contributed by atoms with Gasteiger partial charge in [0, 0.05) is 0 Å². The van der Waals surface area contributed by atoms with Crippen molar-refractivity contribution < 1.29 is 17.9 Å². The average molecular weight is 168 g/mol. The van der Waals surface area contributed by atoms with Crippen LogP contribution in [-0.4, -0.2) is 12.5 Å². The van der Waals surface area contributed by atoms with E-state index in [1.165, 1.54) is 0 Å². The Morgan fingerprint density at radius 2 is 1.91 bits per heavy atom. The zero-order valence-corrected chi connectivity index (χ0v) is 6.32. The van der Waals surface area contributed by atoms with Crippen LogP contribution in [-0.2, 0) is 4.74 Å². The van der Waals surface area contributed by atoms with Crippen molar-refractivity contribution in [3.8, 4) is 0 Å². The minimum absolute atomic E-state index is 0.447. The van der Waals surface area contributed by atoms with Gasteiger partial charge in [0.2, 0.25) is 0 Å². The van der Waals surface area contributed by atoms with Crippen molar-refractivity contribution in [2.24, 2.45) is 5.92 Å². The van der Waals surface area contributed by atoms with Gasteiger partial charge in [-0.3, -0.25) is 4.74 Å². The minimum Gasteiger partial charge on any atom is -0.289 e. The molecule has 0 amide bonds. The first kappa shape index (κ1) is 8.84. The maximum Gasteiger partial charge on any atom is 0.522 e. The molecule has 0 unspecified atom stereocenters. The van der Waals surface area contributed by atoms with E-state index in [-0.39, 0.29) is 0 Å². The largest absolute Gasteiger partial charge is 0.522 e. The number of halogens is 3. The van der Waals surface area contributed by atoms with Crippen LogP contribution in [0.5, 0.6) is 0 Å². The Labute approximate surface area is 63.5 Å². The molecule has 0 aromatic heterocycles. The summed E-state index contributed by atoms with van der Waals surface area (Å²) in [4.78, 5) is 0. The highest BCUT2D eigenvalue weighted by atomic mass is 19.4. The zero-order chi connectivity index (χ0) is 8.48. The van der Waals surface area contributed by atoms with Gasteiger partial charge in [0.25, 0.3) is 0 Å². The van der Waals surface area contributed by atoms with Crippen LogP contribution in [0.4, 0.5) is 13.2 Å². The molecule has 1 aliphatic carbocycles. The molecular formula is C7H11F3O. The Kier molecular flexibility index (Phi) is 2.42. The normalized spacial score (nSPS) is 31.6. The van der Waals surface area contributed by atoms with Crippen LogP contribution in [0.25, 0.3) is 0 Å². The van der Waals surface area contributed by atoms with Gasteiger partial charge in [-0.05, 0) is 18.8 Å². The lowest BCUT2D eigenvalue weighted by Crippen LogP contribution is -2.35. The Hall–Kier alpha value is -0.250. The van der Waals surface area contributed by atoms with Crippen LogP contribution in [0.15, 0.2) is 0 Å². The first-order valence-electron chi connectivity index (χ1n) is 3.76. The van der Waals surface area contributed by atoms with Crippen LogP contribution in [0.2, 0.25) is 0 Å². The lowest BCUT2D eigenvalue weighted by Gasteiger charge is -2.34. The van der Waals surface area contributed by atoms with E-state index in [2.05, 4.69) is 4.74 Å². The summed E-state index contributed by atoms with van der Waals surface area (Å²) >= 11 is 0. The van der Waals surface area contributed by atoms with E-state index < -0.39 is 12.5 Å². The second kappa shape index (κ2) is 3.01. The Morgan fingerprint density at radius 3 is 2.27 bits per heavy atom. The smallest absolute Gasteiger partial charge is 0.289 e. The third kappa shape index (κ3) is 2.69. The molecule has 0 aromatic carbocycles. The van der Waals surface area contributed by atoms with Gasteiger partial charge in [-0.1, -0.05) is 13.3 Å². The van der Waals surface area contributed by atoms with Crippen LogP contribution >= 0.6 is 0 Å². The highest BCUT2D eigenvalue weighted by molar-refractivity contribution is 4.79. The molecule has 0 atom stereocenters. The van der Waals surface area contributed by atoms with E-state index in [9.17, 15) is 13.2 Å². The predicted molar refractivity (Wildman–Crippen MR) is 33.9 cm³/mol. The molecule has 0 aromatic rings. The summed E-state index contributed by atoms with van der Waals surface area (Å²) in [7, 11) is 0. The van der Waals surface area contributed by atoms with Crippen molar-refractivity contribution in [1.29, 1.82) is 0 Å². The monoisotopic (exact) mass is 168 g/mol. The number of alkyl halides is 3. The minimum atomic E-state index is -4.44. The van der Waals surface area contributed by atoms with E-state index in [4.69, 9.17) is 0 Å². The second-order valence-corrected chi connectivity index (χ2v) is 2.93. The zero-order valence-electron chi connectivity index (χ0n) is 6.32. The fraction of sp³-hybridized carbons (Fsp3) is 1.00. The fourth-order valence-electron chi connectivity index (χ4n) is 1.29. The molecular weight excluding hydrogens is 157 g/mol. The summed E-state index contributed by atoms with van der Waals surface area (Å²) in [5, 5.41) is 0. The highest BCUT2D eigenvalue weighted by Gasteiger charge is 2.39. The fourth-order valence-corrected chi connectivity index (χ4v) is 1.29. The van der Waals surface area contributed by atoms with Gasteiger partial charge in [-0.2, -0.15) is 0 Å². The molecule has 1 nitrogen and oxygen atoms in total. The average Bonchev–Trinajstić information content (AvgIpc) is 1.75. The summed E-state index contributed by atoms with van der Waals surface area (Å²) in [5.74, 6) is 0.447. The summed E-state index contributed by atoms with van der Waals surface area (Å²) < 4.78 is 38.4. The second-order valence-electron chi connectivity index (χ2n) is 2.93. The number of hydrogen-bond acceptors (Lipinski definition) is 1. The van der Waals surface area contributed by atoms with E-state index in [1.807, 2.05) is 6.92 Å². The summed E-state index contributed by atoms with van der Waals surface area (Å²) in [5.41, 5.74) is 0. The van der Waals surface area contributed by atoms with E-state index >= 15 is 0 Å². The van der Waals surface area contributed by atoms with E-state index in [0.717, 1.165) is 6.42 Å². The lowest BCUT2D eigenvalue weighted by molar-refractivity contribution is -0.354. The van der Waals surface area contributed by atoms with Crippen molar-refractivity contribution in [3.63, 3.8) is 0 Å². The number of ether oxygens (including phenoxy) is 1. The summed E-state index contributed by atoms with van der Waals surface area (Å²) in [6, 6.07) is 0. The van der Waals surface area contributed by atoms with Crippen LogP contribution in [0.3, 0.4) is 0 Å². The molecule has 1 saturated carbocycles. The van der Waals surface area contributed by atoms with E-state index in [0.29, 0.717) is 18.8 Å². The Balaban J connectivity index is 2.14. The molecule has 1 aliphatic rings. The van der Waals surface area contributed by atoms with Gasteiger partial charge in [-0.25, -0.2) is 0 Å². The highest BCUT2D eigenvalue weighted by Crippen LogP contribution is 2.36. The molecule has 0 radical (unpaired) electrons. The number of hydrogen-bond donors (Lipinski definition) is 0. The Bertz CT molecular complexity index is 126. The van der Waals surface area contributed by atoms with E-state index in [1.54, 1.807) is 0 Å². The van der Waals surface area contributed by atoms with Gasteiger partial charge in [-0.15, -0.1) is 13.2 Å². The molecule has 0 heterocycles. The van der Waals surface area contributed by atoms with Gasteiger partial charge in [0.1, 0.15) is 0 Å². The molecule has 0 aliphatic heterocycles. The number of rotatable bonds is 2. The molecule has 11 heavy (non-hydrogen) atoms. The first-order valence-corrected chi connectivity index (χ1v) is 3.76. The molecule has 0 bridgehead atoms. The maximum absolute atomic E-state index is 11.5. The third-order valence-corrected chi connectivity index (χ3v) is 2.07. The molecule has 1 fully saturated rings. The molecule has 0 saturated heterocycles. The van der Waals surface area contributed by atoms with Crippen LogP contribution in [0, 0.1) is 5.92 Å². The topological polar surface area (TPSA) is 9.23 Å². The lowest BCUT2D eigenvalue weighted by atomic mass is 9.81. The third-order valence-electron chi connectivity index (χ3n) is 2.07. The van der Waals surface area contributed by atoms with Gasteiger partial charge in [0.05, 0.1) is 6.10 Å². The summed E-state index contributed by atoms with van der Waals surface area (Å²) in [6.07, 6.45) is -2.92. The van der Waals surface area contributed by atoms with Crippen molar-refractivity contribution in [2.45, 2.75) is 38.7 Å². The van der Waals surface area contributed by atoms with Gasteiger partial charge < -0.3 is 0 Å². The molecule has 0 spiro atoms. The predicted octanol–water partition coefficient (Wildman–Crippen LogP) is 2.71. The van der Waals surface area contributed by atoms with Crippen molar-refractivity contribution >= 4 is 0 Å². The van der Waals surface area contributed by atoms with Crippen LogP contribution in [0.1, 0.15) is 26.2 Å². The Morgan fingerprint density at radius 1 is 1.36 bits per heavy atom. The molecule has 66 valence electrons. The van der Waals surface area contributed by atoms with Gasteiger partial charge in [0.15, 0.2) is 0 Å². The molecule has 0 N–H and O–H groups in total. The molecule has 1 rings (SSSR count). The standard InChI is InChI=1S/C7H11F3O/c1-2-5-3-6(4-5)11-7(8,9)10/h5-6H,2-4H2,1H3/t5-,6-. The SMILES string of the molecule is CC[C@H]1C[C@H](OC(F)(F)F)C1. The van der Waals surface area contributed by atoms with Crippen molar-refractivity contribution in [1.82, 2.24) is 0 Å². The van der Waals surface area contributed by atoms with Crippen molar-refractivity contribution in [2.75, 3.05) is 0 Å². The summed E-state index contributed by atoms with van der Waals surface area (Å²) in [6.45, 7) is 1.98. The first-order chi connectivity index (χ1) is 5.01.